The monoisotopic (exact) mass is 238 g/mol. The molecule has 1 aromatic heterocycles. The van der Waals surface area contributed by atoms with E-state index >= 15 is 0 Å². The SMILES string of the molecule is CCCC1CC(OCCn2cncn2)CN1C. The molecule has 1 aliphatic heterocycles. The Morgan fingerprint density at radius 2 is 2.35 bits per heavy atom. The molecule has 1 saturated heterocycles. The first kappa shape index (κ1) is 12.5. The lowest BCUT2D eigenvalue weighted by Crippen LogP contribution is -2.25. The number of ether oxygens (including phenoxy) is 1. The molecule has 0 bridgehead atoms. The number of likely N-dealkylation sites (N-methyl/N-ethyl adjacent to an activating group) is 1. The molecule has 1 fully saturated rings. The minimum atomic E-state index is 0.389. The highest BCUT2D eigenvalue weighted by atomic mass is 16.5. The molecule has 0 aliphatic carbocycles. The van der Waals surface area contributed by atoms with E-state index in [1.165, 1.54) is 19.3 Å². The van der Waals surface area contributed by atoms with E-state index in [-0.39, 0.29) is 0 Å². The van der Waals surface area contributed by atoms with Gasteiger partial charge < -0.3 is 9.64 Å². The van der Waals surface area contributed by atoms with Crippen LogP contribution in [0.1, 0.15) is 26.2 Å². The summed E-state index contributed by atoms with van der Waals surface area (Å²) in [7, 11) is 2.20. The van der Waals surface area contributed by atoms with Gasteiger partial charge >= 0.3 is 0 Å². The van der Waals surface area contributed by atoms with Gasteiger partial charge in [-0.15, -0.1) is 0 Å². The second kappa shape index (κ2) is 6.12. The molecule has 2 atom stereocenters. The molecule has 2 unspecified atom stereocenters. The first-order valence-electron chi connectivity index (χ1n) is 6.44. The summed E-state index contributed by atoms with van der Waals surface area (Å²) in [6, 6.07) is 0.705. The van der Waals surface area contributed by atoms with E-state index < -0.39 is 0 Å². The van der Waals surface area contributed by atoms with Gasteiger partial charge in [0.2, 0.25) is 0 Å². The van der Waals surface area contributed by atoms with Crippen molar-refractivity contribution in [2.45, 2.75) is 44.9 Å². The van der Waals surface area contributed by atoms with E-state index in [4.69, 9.17) is 4.74 Å². The zero-order valence-corrected chi connectivity index (χ0v) is 10.7. The van der Waals surface area contributed by atoms with Gasteiger partial charge in [0.1, 0.15) is 12.7 Å². The van der Waals surface area contributed by atoms with Crippen molar-refractivity contribution in [3.05, 3.63) is 12.7 Å². The normalized spacial score (nSPS) is 25.5. The molecule has 1 aliphatic rings. The molecule has 2 heterocycles. The zero-order valence-electron chi connectivity index (χ0n) is 10.7. The van der Waals surface area contributed by atoms with Crippen molar-refractivity contribution in [2.24, 2.45) is 0 Å². The van der Waals surface area contributed by atoms with Crippen molar-refractivity contribution in [3.63, 3.8) is 0 Å². The van der Waals surface area contributed by atoms with Gasteiger partial charge in [-0.25, -0.2) is 4.98 Å². The van der Waals surface area contributed by atoms with Crippen LogP contribution in [0.25, 0.3) is 0 Å². The fourth-order valence-corrected chi connectivity index (χ4v) is 2.48. The van der Waals surface area contributed by atoms with Crippen LogP contribution in [0.3, 0.4) is 0 Å². The Morgan fingerprint density at radius 1 is 1.47 bits per heavy atom. The van der Waals surface area contributed by atoms with Gasteiger partial charge in [-0.3, -0.25) is 4.68 Å². The number of hydrogen-bond acceptors (Lipinski definition) is 4. The van der Waals surface area contributed by atoms with E-state index in [1.807, 2.05) is 4.68 Å². The highest BCUT2D eigenvalue weighted by Crippen LogP contribution is 2.21. The van der Waals surface area contributed by atoms with Gasteiger partial charge in [-0.1, -0.05) is 13.3 Å². The Labute approximate surface area is 103 Å². The number of nitrogens with zero attached hydrogens (tertiary/aromatic N) is 4. The lowest BCUT2D eigenvalue weighted by atomic mass is 10.1. The third kappa shape index (κ3) is 3.51. The third-order valence-corrected chi connectivity index (χ3v) is 3.41. The highest BCUT2D eigenvalue weighted by molar-refractivity contribution is 4.83. The van der Waals surface area contributed by atoms with Crippen molar-refractivity contribution < 1.29 is 4.74 Å². The smallest absolute Gasteiger partial charge is 0.137 e. The van der Waals surface area contributed by atoms with Gasteiger partial charge in [0, 0.05) is 12.6 Å². The average molecular weight is 238 g/mol. The van der Waals surface area contributed by atoms with Crippen LogP contribution in [-0.2, 0) is 11.3 Å². The van der Waals surface area contributed by atoms with Crippen molar-refractivity contribution in [2.75, 3.05) is 20.2 Å². The van der Waals surface area contributed by atoms with E-state index in [1.54, 1.807) is 12.7 Å². The Morgan fingerprint density at radius 3 is 3.06 bits per heavy atom. The van der Waals surface area contributed by atoms with Gasteiger partial charge in [-0.05, 0) is 19.9 Å². The summed E-state index contributed by atoms with van der Waals surface area (Å²) in [5.74, 6) is 0. The highest BCUT2D eigenvalue weighted by Gasteiger charge is 2.28. The fraction of sp³-hybridized carbons (Fsp3) is 0.833. The fourth-order valence-electron chi connectivity index (χ4n) is 2.48. The number of aromatic nitrogens is 3. The van der Waals surface area contributed by atoms with Crippen LogP contribution in [0.15, 0.2) is 12.7 Å². The van der Waals surface area contributed by atoms with E-state index in [0.717, 1.165) is 19.7 Å². The van der Waals surface area contributed by atoms with Crippen LogP contribution in [0, 0.1) is 0 Å². The summed E-state index contributed by atoms with van der Waals surface area (Å²) in [6.07, 6.45) is 7.37. The van der Waals surface area contributed by atoms with E-state index in [2.05, 4.69) is 29.0 Å². The Hall–Kier alpha value is -0.940. The molecule has 0 amide bonds. The molecule has 5 heteroatoms. The predicted octanol–water partition coefficient (Wildman–Crippen LogP) is 1.17. The molecule has 17 heavy (non-hydrogen) atoms. The molecule has 0 N–H and O–H groups in total. The van der Waals surface area contributed by atoms with Crippen molar-refractivity contribution >= 4 is 0 Å². The molecule has 0 saturated carbocycles. The maximum atomic E-state index is 5.89. The Kier molecular flexibility index (Phi) is 4.50. The summed E-state index contributed by atoms with van der Waals surface area (Å²) in [5, 5.41) is 4.05. The molecule has 96 valence electrons. The van der Waals surface area contributed by atoms with Crippen molar-refractivity contribution in [1.29, 1.82) is 0 Å². The molecular weight excluding hydrogens is 216 g/mol. The van der Waals surface area contributed by atoms with Crippen LogP contribution in [0.2, 0.25) is 0 Å². The van der Waals surface area contributed by atoms with E-state index in [9.17, 15) is 0 Å². The van der Waals surface area contributed by atoms with Crippen LogP contribution in [0.5, 0.6) is 0 Å². The van der Waals surface area contributed by atoms with Gasteiger partial charge in [0.15, 0.2) is 0 Å². The van der Waals surface area contributed by atoms with Crippen LogP contribution in [-0.4, -0.2) is 52.0 Å². The zero-order chi connectivity index (χ0) is 12.1. The Bertz CT molecular complexity index is 314. The lowest BCUT2D eigenvalue weighted by Gasteiger charge is -2.17. The molecule has 0 aromatic carbocycles. The largest absolute Gasteiger partial charge is 0.375 e. The second-order valence-electron chi connectivity index (χ2n) is 4.77. The van der Waals surface area contributed by atoms with Crippen LogP contribution < -0.4 is 0 Å². The first-order valence-corrected chi connectivity index (χ1v) is 6.44. The molecule has 2 rings (SSSR count). The summed E-state index contributed by atoms with van der Waals surface area (Å²) in [6.45, 7) is 4.81. The average Bonchev–Trinajstić information content (AvgIpc) is 2.91. The predicted molar refractivity (Wildman–Crippen MR) is 65.7 cm³/mol. The first-order chi connectivity index (χ1) is 8.29. The summed E-state index contributed by atoms with van der Waals surface area (Å²) >= 11 is 0. The number of likely N-dealkylation sites (tertiary alicyclic amines) is 1. The maximum absolute atomic E-state index is 5.89. The third-order valence-electron chi connectivity index (χ3n) is 3.41. The standard InChI is InChI=1S/C12H22N4O/c1-3-4-11-7-12(8-15(11)2)17-6-5-16-10-13-9-14-16/h9-12H,3-8H2,1-2H3. The lowest BCUT2D eigenvalue weighted by molar-refractivity contribution is 0.0536. The molecule has 1 aromatic rings. The summed E-state index contributed by atoms with van der Waals surface area (Å²) < 4.78 is 7.70. The van der Waals surface area contributed by atoms with Crippen LogP contribution in [0.4, 0.5) is 0 Å². The quantitative estimate of drug-likeness (QED) is 0.746. The maximum Gasteiger partial charge on any atom is 0.137 e. The molecule has 5 nitrogen and oxygen atoms in total. The second-order valence-corrected chi connectivity index (χ2v) is 4.77. The topological polar surface area (TPSA) is 43.2 Å². The summed E-state index contributed by atoms with van der Waals surface area (Å²) in [5.41, 5.74) is 0. The Balaban J connectivity index is 1.67. The van der Waals surface area contributed by atoms with Crippen molar-refractivity contribution in [1.82, 2.24) is 19.7 Å². The summed E-state index contributed by atoms with van der Waals surface area (Å²) in [4.78, 5) is 6.33. The molecule has 0 radical (unpaired) electrons. The minimum absolute atomic E-state index is 0.389. The van der Waals surface area contributed by atoms with Crippen LogP contribution >= 0.6 is 0 Å². The number of hydrogen-bond donors (Lipinski definition) is 0. The van der Waals surface area contributed by atoms with Gasteiger partial charge in [-0.2, -0.15) is 5.10 Å². The minimum Gasteiger partial charge on any atom is -0.375 e. The van der Waals surface area contributed by atoms with Crippen molar-refractivity contribution in [3.8, 4) is 0 Å². The van der Waals surface area contributed by atoms with Gasteiger partial charge in [0.25, 0.3) is 0 Å². The van der Waals surface area contributed by atoms with E-state index in [0.29, 0.717) is 12.1 Å². The molecule has 0 spiro atoms. The molecular formula is C12H22N4O. The number of rotatable bonds is 6. The van der Waals surface area contributed by atoms with Gasteiger partial charge in [0.05, 0.1) is 19.3 Å².